The van der Waals surface area contributed by atoms with Crippen LogP contribution in [0.15, 0.2) is 47.4 Å². The van der Waals surface area contributed by atoms with E-state index in [4.69, 9.17) is 9.47 Å². The van der Waals surface area contributed by atoms with Crippen molar-refractivity contribution in [2.45, 2.75) is 19.1 Å². The Morgan fingerprint density at radius 2 is 1.77 bits per heavy atom. The first kappa shape index (κ1) is 23.2. The van der Waals surface area contributed by atoms with Gasteiger partial charge in [0.2, 0.25) is 0 Å². The highest BCUT2D eigenvalue weighted by Crippen LogP contribution is 2.40. The summed E-state index contributed by atoms with van der Waals surface area (Å²) in [4.78, 5) is 12.3. The molecule has 0 aliphatic carbocycles. The Morgan fingerprint density at radius 3 is 2.39 bits per heavy atom. The minimum Gasteiger partial charge on any atom is -0.495 e. The van der Waals surface area contributed by atoms with Crippen molar-refractivity contribution in [2.75, 3.05) is 7.11 Å². The van der Waals surface area contributed by atoms with E-state index >= 15 is 0 Å². The third-order valence-corrected chi connectivity index (χ3v) is 5.42. The second-order valence-corrected chi connectivity index (χ2v) is 8.29. The largest absolute Gasteiger partial charge is 0.495 e. The lowest BCUT2D eigenvalue weighted by Gasteiger charge is -2.20. The number of rotatable bonds is 6. The molecule has 0 saturated heterocycles. The third-order valence-electron chi connectivity index (χ3n) is 4.47. The van der Waals surface area contributed by atoms with E-state index in [1.165, 1.54) is 30.7 Å². The first-order chi connectivity index (χ1) is 14.5. The molecule has 0 aliphatic rings. The van der Waals surface area contributed by atoms with Gasteiger partial charge in [-0.05, 0) is 59.3 Å². The molecule has 2 aromatic carbocycles. The van der Waals surface area contributed by atoms with Gasteiger partial charge in [-0.25, -0.2) is 8.78 Å². The van der Waals surface area contributed by atoms with Crippen LogP contribution >= 0.6 is 22.6 Å². The van der Waals surface area contributed by atoms with Gasteiger partial charge in [-0.15, -0.1) is 0 Å². The van der Waals surface area contributed by atoms with Crippen molar-refractivity contribution in [3.63, 3.8) is 0 Å². The Labute approximate surface area is 190 Å². The molecule has 0 saturated carbocycles. The molecule has 31 heavy (non-hydrogen) atoms. The second kappa shape index (κ2) is 8.93. The Morgan fingerprint density at radius 1 is 1.10 bits per heavy atom. The lowest BCUT2D eigenvalue weighted by atomic mass is 9.98. The summed E-state index contributed by atoms with van der Waals surface area (Å²) in [5.41, 5.74) is 1.20. The van der Waals surface area contributed by atoms with Crippen molar-refractivity contribution >= 4 is 22.6 Å². The second-order valence-electron chi connectivity index (χ2n) is 7.21. The van der Waals surface area contributed by atoms with Crippen LogP contribution in [0.4, 0.5) is 8.78 Å². The zero-order valence-electron chi connectivity index (χ0n) is 16.9. The molecule has 2 N–H and O–H groups in total. The van der Waals surface area contributed by atoms with Crippen LogP contribution in [0.5, 0.6) is 17.2 Å². The summed E-state index contributed by atoms with van der Waals surface area (Å²) >= 11 is 1.88. The maximum Gasteiger partial charge on any atom is 0.267 e. The molecule has 1 heterocycles. The molecule has 6 nitrogen and oxygen atoms in total. The van der Waals surface area contributed by atoms with E-state index < -0.39 is 17.4 Å². The van der Waals surface area contributed by atoms with Gasteiger partial charge in [-0.1, -0.05) is 6.07 Å². The number of hydrogen-bond donors (Lipinski definition) is 2. The fourth-order valence-corrected chi connectivity index (χ4v) is 4.01. The summed E-state index contributed by atoms with van der Waals surface area (Å²) < 4.78 is 40.4. The molecule has 164 valence electrons. The predicted molar refractivity (Wildman–Crippen MR) is 119 cm³/mol. The van der Waals surface area contributed by atoms with Gasteiger partial charge < -0.3 is 24.3 Å². The molecule has 1 aromatic heterocycles. The number of aliphatic hydroxyl groups is 2. The fraction of sp³-hybridized carbons (Fsp3) is 0.227. The average molecular weight is 543 g/mol. The Hall–Kier alpha value is -2.50. The molecule has 0 radical (unpaired) electrons. The number of halogens is 3. The maximum absolute atomic E-state index is 14.2. The number of pyridine rings is 1. The first-order valence-corrected chi connectivity index (χ1v) is 10.2. The summed E-state index contributed by atoms with van der Waals surface area (Å²) in [6.07, 6.45) is 1.46. The SMILES string of the molecule is COc1c(-c2cc(CC(C)(O)O)ccc2Oc2ccc(F)cc2F)cn(C)c(=O)c1I. The molecule has 3 rings (SSSR count). The molecule has 0 amide bonds. The van der Waals surface area contributed by atoms with Crippen molar-refractivity contribution in [1.29, 1.82) is 0 Å². The number of aryl methyl sites for hydroxylation is 1. The minimum atomic E-state index is -1.95. The molecular formula is C22H20F2INO5. The van der Waals surface area contributed by atoms with Crippen molar-refractivity contribution in [1.82, 2.24) is 4.57 Å². The minimum absolute atomic E-state index is 0.0869. The van der Waals surface area contributed by atoms with E-state index in [9.17, 15) is 23.8 Å². The number of nitrogens with zero attached hydrogens (tertiary/aromatic N) is 1. The number of aromatic nitrogens is 1. The number of ether oxygens (including phenoxy) is 2. The average Bonchev–Trinajstić information content (AvgIpc) is 2.68. The van der Waals surface area contributed by atoms with E-state index in [0.29, 0.717) is 32.1 Å². The van der Waals surface area contributed by atoms with Crippen LogP contribution in [-0.2, 0) is 13.5 Å². The zero-order chi connectivity index (χ0) is 22.9. The number of methoxy groups -OCH3 is 1. The van der Waals surface area contributed by atoms with Gasteiger partial charge in [-0.2, -0.15) is 0 Å². The van der Waals surface area contributed by atoms with Crippen molar-refractivity contribution < 1.29 is 28.5 Å². The highest BCUT2D eigenvalue weighted by Gasteiger charge is 2.22. The molecule has 0 spiro atoms. The maximum atomic E-state index is 14.2. The predicted octanol–water partition coefficient (Wildman–Crippen LogP) is 3.98. The molecular weight excluding hydrogens is 523 g/mol. The van der Waals surface area contributed by atoms with E-state index in [2.05, 4.69) is 0 Å². The van der Waals surface area contributed by atoms with Gasteiger partial charge in [0.25, 0.3) is 5.56 Å². The molecule has 0 aliphatic heterocycles. The monoisotopic (exact) mass is 543 g/mol. The summed E-state index contributed by atoms with van der Waals surface area (Å²) in [7, 11) is 3.00. The van der Waals surface area contributed by atoms with Crippen LogP contribution in [0.25, 0.3) is 11.1 Å². The van der Waals surface area contributed by atoms with E-state index in [1.54, 1.807) is 25.4 Å². The Balaban J connectivity index is 2.23. The molecule has 9 heteroatoms. The summed E-state index contributed by atoms with van der Waals surface area (Å²) in [6, 6.07) is 7.73. The quantitative estimate of drug-likeness (QED) is 0.364. The van der Waals surface area contributed by atoms with Gasteiger partial charge in [0.15, 0.2) is 17.4 Å². The molecule has 0 fully saturated rings. The topological polar surface area (TPSA) is 80.9 Å². The van der Waals surface area contributed by atoms with Gasteiger partial charge in [0.05, 0.1) is 7.11 Å². The molecule has 3 aromatic rings. The van der Waals surface area contributed by atoms with Crippen molar-refractivity contribution in [3.8, 4) is 28.4 Å². The van der Waals surface area contributed by atoms with Crippen LogP contribution in [0, 0.1) is 15.2 Å². The molecule has 0 bridgehead atoms. The van der Waals surface area contributed by atoms with E-state index in [0.717, 1.165) is 6.07 Å². The van der Waals surface area contributed by atoms with E-state index in [1.807, 2.05) is 22.6 Å². The Bertz CT molecular complexity index is 1190. The van der Waals surface area contributed by atoms with E-state index in [-0.39, 0.29) is 23.5 Å². The van der Waals surface area contributed by atoms with Crippen LogP contribution < -0.4 is 15.0 Å². The van der Waals surface area contributed by atoms with Crippen molar-refractivity contribution in [3.05, 3.63) is 73.7 Å². The van der Waals surface area contributed by atoms with Crippen LogP contribution in [0.2, 0.25) is 0 Å². The Kier molecular flexibility index (Phi) is 6.68. The smallest absolute Gasteiger partial charge is 0.267 e. The number of benzene rings is 2. The van der Waals surface area contributed by atoms with Crippen LogP contribution in [-0.4, -0.2) is 27.7 Å². The summed E-state index contributed by atoms with van der Waals surface area (Å²) in [5.74, 6) is -3.26. The molecule has 0 unspecified atom stereocenters. The standard InChI is InChI=1S/C22H20F2INO5/c1-22(28,29)10-12-4-6-17(31-18-7-5-13(23)9-16(18)24)14(8-12)15-11-26(2)21(27)19(25)20(15)30-3/h4-9,11,28-29H,10H2,1-3H3. The number of hydrogen-bond acceptors (Lipinski definition) is 5. The summed E-state index contributed by atoms with van der Waals surface area (Å²) in [5, 5.41) is 19.6. The fourth-order valence-electron chi connectivity index (χ4n) is 3.12. The normalized spacial score (nSPS) is 11.5. The van der Waals surface area contributed by atoms with Gasteiger partial charge >= 0.3 is 0 Å². The van der Waals surface area contributed by atoms with Crippen molar-refractivity contribution in [2.24, 2.45) is 7.05 Å². The van der Waals surface area contributed by atoms with Gasteiger partial charge in [-0.3, -0.25) is 4.79 Å². The highest BCUT2D eigenvalue weighted by atomic mass is 127. The molecule has 0 atom stereocenters. The van der Waals surface area contributed by atoms with Gasteiger partial charge in [0.1, 0.15) is 20.9 Å². The van der Waals surface area contributed by atoms with Crippen LogP contribution in [0.3, 0.4) is 0 Å². The highest BCUT2D eigenvalue weighted by molar-refractivity contribution is 14.1. The zero-order valence-corrected chi connectivity index (χ0v) is 19.1. The van der Waals surface area contributed by atoms with Gasteiger partial charge in [0, 0.05) is 36.9 Å². The third kappa shape index (κ3) is 5.23. The first-order valence-electron chi connectivity index (χ1n) is 9.14. The van der Waals surface area contributed by atoms with Crippen LogP contribution in [0.1, 0.15) is 12.5 Å². The summed E-state index contributed by atoms with van der Waals surface area (Å²) in [6.45, 7) is 1.25. The lowest BCUT2D eigenvalue weighted by Crippen LogP contribution is -2.26. The lowest BCUT2D eigenvalue weighted by molar-refractivity contribution is -0.142.